The number of benzene rings is 1. The molecule has 20 heavy (non-hydrogen) atoms. The summed E-state index contributed by atoms with van der Waals surface area (Å²) in [5.74, 6) is 0. The highest BCUT2D eigenvalue weighted by Gasteiger charge is 2.12. The second-order valence-corrected chi connectivity index (χ2v) is 4.71. The normalized spacial score (nSPS) is 11.4. The van der Waals surface area contributed by atoms with Crippen molar-refractivity contribution in [2.75, 3.05) is 0 Å². The Labute approximate surface area is 115 Å². The van der Waals surface area contributed by atoms with Gasteiger partial charge in [-0.15, -0.1) is 0 Å². The van der Waals surface area contributed by atoms with Crippen LogP contribution in [0.5, 0.6) is 0 Å². The molecule has 1 aromatic carbocycles. The van der Waals surface area contributed by atoms with Crippen molar-refractivity contribution in [2.45, 2.75) is 13.3 Å². The maximum atomic E-state index is 4.74. The second kappa shape index (κ2) is 4.20. The number of hydrogen-bond acceptors (Lipinski definition) is 4. The number of pyridine rings is 2. The lowest BCUT2D eigenvalue weighted by Crippen LogP contribution is -1.95. The lowest BCUT2D eigenvalue weighted by atomic mass is 10.1. The molecule has 0 N–H and O–H groups in total. The predicted molar refractivity (Wildman–Crippen MR) is 79.5 cm³/mol. The Bertz CT molecular complexity index is 911. The second-order valence-electron chi connectivity index (χ2n) is 4.71. The van der Waals surface area contributed by atoms with Crippen LogP contribution in [-0.2, 0) is 6.42 Å². The summed E-state index contributed by atoms with van der Waals surface area (Å²) < 4.78 is 0. The van der Waals surface area contributed by atoms with E-state index in [0.29, 0.717) is 0 Å². The van der Waals surface area contributed by atoms with Crippen LogP contribution in [0, 0.1) is 0 Å². The molecular weight excluding hydrogens is 248 g/mol. The van der Waals surface area contributed by atoms with Gasteiger partial charge in [-0.3, -0.25) is 15.0 Å². The fourth-order valence-electron chi connectivity index (χ4n) is 2.55. The quantitative estimate of drug-likeness (QED) is 0.493. The molecule has 4 aromatic rings. The van der Waals surface area contributed by atoms with E-state index in [2.05, 4.69) is 21.9 Å². The van der Waals surface area contributed by atoms with Gasteiger partial charge < -0.3 is 0 Å². The van der Waals surface area contributed by atoms with Gasteiger partial charge in [0.25, 0.3) is 0 Å². The van der Waals surface area contributed by atoms with E-state index in [1.165, 1.54) is 0 Å². The smallest absolute Gasteiger partial charge is 0.0991 e. The summed E-state index contributed by atoms with van der Waals surface area (Å²) in [5, 5.41) is 2.01. The molecule has 0 spiro atoms. The molecule has 4 heteroatoms. The summed E-state index contributed by atoms with van der Waals surface area (Å²) in [6.45, 7) is 2.08. The molecule has 0 fully saturated rings. The summed E-state index contributed by atoms with van der Waals surface area (Å²) in [5.41, 5.74) is 4.57. The maximum absolute atomic E-state index is 4.74. The van der Waals surface area contributed by atoms with Gasteiger partial charge in [0.1, 0.15) is 0 Å². The molecule has 0 bridgehead atoms. The van der Waals surface area contributed by atoms with Gasteiger partial charge in [0, 0.05) is 29.4 Å². The first-order valence-corrected chi connectivity index (χ1v) is 6.65. The lowest BCUT2D eigenvalue weighted by molar-refractivity contribution is 1.03. The number of fused-ring (bicyclic) bond motifs is 6. The van der Waals surface area contributed by atoms with Crippen molar-refractivity contribution in [1.29, 1.82) is 0 Å². The molecular formula is C16H12N4. The van der Waals surface area contributed by atoms with Gasteiger partial charge >= 0.3 is 0 Å². The molecule has 0 aliphatic carbocycles. The molecule has 0 atom stereocenters. The third kappa shape index (κ3) is 1.48. The van der Waals surface area contributed by atoms with E-state index >= 15 is 0 Å². The van der Waals surface area contributed by atoms with Gasteiger partial charge in [0.15, 0.2) is 0 Å². The van der Waals surface area contributed by atoms with Crippen LogP contribution in [0.4, 0.5) is 0 Å². The molecule has 3 heterocycles. The number of hydrogen-bond donors (Lipinski definition) is 0. The maximum Gasteiger partial charge on any atom is 0.0991 e. The van der Waals surface area contributed by atoms with Gasteiger partial charge in [-0.05, 0) is 30.7 Å². The average molecular weight is 260 g/mol. The number of nitrogens with zero attached hydrogens (tertiary/aromatic N) is 4. The summed E-state index contributed by atoms with van der Waals surface area (Å²) in [4.78, 5) is 18.3. The Hall–Kier alpha value is -2.62. The van der Waals surface area contributed by atoms with Crippen LogP contribution in [0.2, 0.25) is 0 Å². The molecule has 96 valence electrons. The van der Waals surface area contributed by atoms with Gasteiger partial charge in [-0.1, -0.05) is 6.92 Å². The zero-order chi connectivity index (χ0) is 13.5. The fourth-order valence-corrected chi connectivity index (χ4v) is 2.55. The monoisotopic (exact) mass is 260 g/mol. The van der Waals surface area contributed by atoms with Crippen LogP contribution in [0.25, 0.3) is 32.8 Å². The summed E-state index contributed by atoms with van der Waals surface area (Å²) >= 11 is 0. The van der Waals surface area contributed by atoms with Gasteiger partial charge in [-0.25, -0.2) is 4.98 Å². The molecule has 0 saturated heterocycles. The van der Waals surface area contributed by atoms with E-state index in [1.807, 2.05) is 30.5 Å². The van der Waals surface area contributed by atoms with E-state index in [1.54, 1.807) is 12.4 Å². The number of rotatable bonds is 1. The van der Waals surface area contributed by atoms with E-state index in [-0.39, 0.29) is 0 Å². The molecule has 0 radical (unpaired) electrons. The van der Waals surface area contributed by atoms with Crippen LogP contribution in [-0.4, -0.2) is 19.9 Å². The van der Waals surface area contributed by atoms with E-state index < -0.39 is 0 Å². The Kier molecular flexibility index (Phi) is 2.36. The van der Waals surface area contributed by atoms with Crippen LogP contribution >= 0.6 is 0 Å². The summed E-state index contributed by atoms with van der Waals surface area (Å²) in [6.07, 6.45) is 6.29. The van der Waals surface area contributed by atoms with E-state index in [0.717, 1.165) is 45.0 Å². The highest BCUT2D eigenvalue weighted by Crippen LogP contribution is 2.30. The van der Waals surface area contributed by atoms with Crippen molar-refractivity contribution >= 4 is 32.8 Å². The first kappa shape index (κ1) is 11.2. The first-order chi connectivity index (χ1) is 9.88. The van der Waals surface area contributed by atoms with Crippen molar-refractivity contribution in [3.63, 3.8) is 0 Å². The third-order valence-corrected chi connectivity index (χ3v) is 3.53. The van der Waals surface area contributed by atoms with Crippen LogP contribution < -0.4 is 0 Å². The topological polar surface area (TPSA) is 51.6 Å². The summed E-state index contributed by atoms with van der Waals surface area (Å²) in [6, 6.07) is 7.91. The predicted octanol–water partition coefficient (Wildman–Crippen LogP) is 3.29. The Morgan fingerprint density at radius 3 is 2.05 bits per heavy atom. The van der Waals surface area contributed by atoms with Gasteiger partial charge in [-0.2, -0.15) is 0 Å². The van der Waals surface area contributed by atoms with Crippen molar-refractivity contribution in [1.82, 2.24) is 19.9 Å². The number of aromatic nitrogens is 4. The molecule has 0 saturated carbocycles. The highest BCUT2D eigenvalue weighted by atomic mass is 14.8. The van der Waals surface area contributed by atoms with Crippen molar-refractivity contribution in [3.05, 3.63) is 48.5 Å². The van der Waals surface area contributed by atoms with Gasteiger partial charge in [0.2, 0.25) is 0 Å². The lowest BCUT2D eigenvalue weighted by Gasteiger charge is -2.07. The molecule has 0 aliphatic heterocycles. The minimum atomic E-state index is 0.871. The van der Waals surface area contributed by atoms with Crippen LogP contribution in [0.1, 0.15) is 12.6 Å². The van der Waals surface area contributed by atoms with Crippen LogP contribution in [0.3, 0.4) is 0 Å². The summed E-state index contributed by atoms with van der Waals surface area (Å²) in [7, 11) is 0. The van der Waals surface area contributed by atoms with Crippen LogP contribution in [0.15, 0.2) is 42.9 Å². The van der Waals surface area contributed by atoms with E-state index in [9.17, 15) is 0 Å². The highest BCUT2D eigenvalue weighted by molar-refractivity contribution is 6.20. The molecule has 3 aromatic heterocycles. The number of aryl methyl sites for hydroxylation is 1. The fraction of sp³-hybridized carbons (Fsp3) is 0.125. The Balaban J connectivity index is 2.35. The minimum Gasteiger partial charge on any atom is -0.254 e. The Morgan fingerprint density at radius 1 is 0.800 bits per heavy atom. The molecule has 4 nitrogen and oxygen atoms in total. The zero-order valence-corrected chi connectivity index (χ0v) is 11.0. The van der Waals surface area contributed by atoms with E-state index in [4.69, 9.17) is 4.98 Å². The largest absolute Gasteiger partial charge is 0.254 e. The average Bonchev–Trinajstić information content (AvgIpc) is 2.54. The van der Waals surface area contributed by atoms with Gasteiger partial charge in [0.05, 0.1) is 27.8 Å². The standard InChI is InChI=1S/C16H12N4/c1-2-10-9-19-15-11-5-3-7-17-13(11)14-12(16(15)20-10)6-4-8-18-14/h3-9H,2H2,1H3. The Morgan fingerprint density at radius 2 is 1.40 bits per heavy atom. The molecule has 0 aliphatic rings. The third-order valence-electron chi connectivity index (χ3n) is 3.53. The molecule has 0 amide bonds. The molecule has 4 rings (SSSR count). The van der Waals surface area contributed by atoms with Crippen molar-refractivity contribution < 1.29 is 0 Å². The minimum absolute atomic E-state index is 0.871. The zero-order valence-electron chi connectivity index (χ0n) is 11.0. The SMILES string of the molecule is CCc1cnc2c3cccnc3c3ncccc3c2n1. The first-order valence-electron chi connectivity index (χ1n) is 6.65. The van der Waals surface area contributed by atoms with Crippen molar-refractivity contribution in [2.24, 2.45) is 0 Å². The van der Waals surface area contributed by atoms with Crippen molar-refractivity contribution in [3.8, 4) is 0 Å². The molecule has 0 unspecified atom stereocenters.